The third kappa shape index (κ3) is 3.49. The molecule has 0 aliphatic rings. The minimum absolute atomic E-state index is 0.0830. The van der Waals surface area contributed by atoms with Crippen molar-refractivity contribution in [3.05, 3.63) is 70.9 Å². The molecule has 0 bridgehead atoms. The van der Waals surface area contributed by atoms with Gasteiger partial charge in [-0.25, -0.2) is 0 Å². The summed E-state index contributed by atoms with van der Waals surface area (Å²) in [6, 6.07) is 17.7. The molecule has 0 unspecified atom stereocenters. The van der Waals surface area contributed by atoms with Gasteiger partial charge in [0.25, 0.3) is 5.91 Å². The van der Waals surface area contributed by atoms with Crippen LogP contribution in [0.4, 0.5) is 0 Å². The number of benzene rings is 2. The summed E-state index contributed by atoms with van der Waals surface area (Å²) in [5.74, 6) is -0.0830. The lowest BCUT2D eigenvalue weighted by Crippen LogP contribution is -2.25. The van der Waals surface area contributed by atoms with Crippen molar-refractivity contribution < 1.29 is 4.79 Å². The highest BCUT2D eigenvalue weighted by Crippen LogP contribution is 2.19. The lowest BCUT2D eigenvalue weighted by atomic mass is 10.1. The molecule has 112 valence electrons. The van der Waals surface area contributed by atoms with E-state index in [9.17, 15) is 4.79 Å². The third-order valence-corrected chi connectivity index (χ3v) is 3.83. The zero-order valence-electron chi connectivity index (χ0n) is 12.1. The number of aryl methyl sites for hydroxylation is 1. The van der Waals surface area contributed by atoms with Gasteiger partial charge in [0.15, 0.2) is 0 Å². The molecule has 1 heterocycles. The molecule has 4 heteroatoms. The average Bonchev–Trinajstić information content (AvgIpc) is 2.95. The summed E-state index contributed by atoms with van der Waals surface area (Å²) >= 11 is 5.95. The molecular formula is C18H17ClN2O. The number of carbonyl (C=O) groups excluding carboxylic acids is 1. The zero-order chi connectivity index (χ0) is 15.4. The second-order valence-corrected chi connectivity index (χ2v) is 5.70. The fourth-order valence-corrected chi connectivity index (χ4v) is 2.63. The van der Waals surface area contributed by atoms with Gasteiger partial charge in [0.2, 0.25) is 0 Å². The number of carbonyl (C=O) groups is 1. The predicted octanol–water partition coefficient (Wildman–Crippen LogP) is 4.18. The summed E-state index contributed by atoms with van der Waals surface area (Å²) in [5, 5.41) is 4.58. The lowest BCUT2D eigenvalue weighted by Gasteiger charge is -2.04. The van der Waals surface area contributed by atoms with Crippen LogP contribution in [-0.4, -0.2) is 17.4 Å². The van der Waals surface area contributed by atoms with Crippen LogP contribution < -0.4 is 5.32 Å². The second-order valence-electron chi connectivity index (χ2n) is 5.26. The van der Waals surface area contributed by atoms with Crippen molar-refractivity contribution in [2.24, 2.45) is 0 Å². The first-order chi connectivity index (χ1) is 10.7. The van der Waals surface area contributed by atoms with Gasteiger partial charge in [-0.3, -0.25) is 4.79 Å². The topological polar surface area (TPSA) is 44.9 Å². The number of rotatable bonds is 5. The van der Waals surface area contributed by atoms with Crippen molar-refractivity contribution >= 4 is 28.4 Å². The van der Waals surface area contributed by atoms with E-state index in [0.29, 0.717) is 17.3 Å². The molecule has 3 rings (SSSR count). The number of H-pyrrole nitrogens is 1. The van der Waals surface area contributed by atoms with E-state index in [2.05, 4.69) is 22.4 Å². The molecule has 0 spiro atoms. The van der Waals surface area contributed by atoms with Gasteiger partial charge >= 0.3 is 0 Å². The number of hydrogen-bond acceptors (Lipinski definition) is 1. The molecule has 0 saturated heterocycles. The Morgan fingerprint density at radius 2 is 1.91 bits per heavy atom. The molecular weight excluding hydrogens is 296 g/mol. The molecule has 1 amide bonds. The van der Waals surface area contributed by atoms with E-state index in [1.807, 2.05) is 42.5 Å². The molecule has 22 heavy (non-hydrogen) atoms. The number of aromatic nitrogens is 1. The molecule has 2 N–H and O–H groups in total. The van der Waals surface area contributed by atoms with Crippen LogP contribution in [0.2, 0.25) is 5.02 Å². The number of nitrogens with one attached hydrogen (secondary N) is 2. The van der Waals surface area contributed by atoms with Gasteiger partial charge in [0.1, 0.15) is 5.69 Å². The second kappa shape index (κ2) is 6.67. The minimum Gasteiger partial charge on any atom is -0.351 e. The van der Waals surface area contributed by atoms with Crippen LogP contribution in [0.15, 0.2) is 54.6 Å². The first-order valence-corrected chi connectivity index (χ1v) is 7.70. The van der Waals surface area contributed by atoms with Gasteiger partial charge in [-0.15, -0.1) is 0 Å². The van der Waals surface area contributed by atoms with Gasteiger partial charge < -0.3 is 10.3 Å². The number of aromatic amines is 1. The van der Waals surface area contributed by atoms with Crippen LogP contribution in [0.5, 0.6) is 0 Å². The Morgan fingerprint density at radius 3 is 2.73 bits per heavy atom. The van der Waals surface area contributed by atoms with Crippen LogP contribution in [-0.2, 0) is 6.42 Å². The largest absolute Gasteiger partial charge is 0.351 e. The van der Waals surface area contributed by atoms with Crippen molar-refractivity contribution in [3.63, 3.8) is 0 Å². The van der Waals surface area contributed by atoms with E-state index in [1.165, 1.54) is 5.56 Å². The SMILES string of the molecule is O=C(NCCCc1ccccc1)c1cc2ccc(Cl)cc2[nH]1. The molecule has 0 aliphatic heterocycles. The van der Waals surface area contributed by atoms with Gasteiger partial charge in [-0.1, -0.05) is 48.0 Å². The fraction of sp³-hybridized carbons (Fsp3) is 0.167. The average molecular weight is 313 g/mol. The molecule has 2 aromatic carbocycles. The Hall–Kier alpha value is -2.26. The first-order valence-electron chi connectivity index (χ1n) is 7.33. The molecule has 0 aliphatic carbocycles. The van der Waals surface area contributed by atoms with E-state index in [-0.39, 0.29) is 5.91 Å². The van der Waals surface area contributed by atoms with Crippen LogP contribution in [0.1, 0.15) is 22.5 Å². The van der Waals surface area contributed by atoms with Gasteiger partial charge in [0, 0.05) is 22.5 Å². The molecule has 0 saturated carbocycles. The Labute approximate surface area is 134 Å². The van der Waals surface area contributed by atoms with E-state index in [0.717, 1.165) is 23.7 Å². The normalized spacial score (nSPS) is 10.8. The summed E-state index contributed by atoms with van der Waals surface area (Å²) in [6.07, 6.45) is 1.88. The highest BCUT2D eigenvalue weighted by Gasteiger charge is 2.09. The maximum atomic E-state index is 12.1. The highest BCUT2D eigenvalue weighted by molar-refractivity contribution is 6.31. The minimum atomic E-state index is -0.0830. The molecule has 0 fully saturated rings. The smallest absolute Gasteiger partial charge is 0.267 e. The number of amides is 1. The maximum Gasteiger partial charge on any atom is 0.267 e. The van der Waals surface area contributed by atoms with E-state index < -0.39 is 0 Å². The lowest BCUT2D eigenvalue weighted by molar-refractivity contribution is 0.0949. The Kier molecular flexibility index (Phi) is 4.45. The Bertz CT molecular complexity index is 780. The van der Waals surface area contributed by atoms with Gasteiger partial charge in [-0.05, 0) is 36.6 Å². The van der Waals surface area contributed by atoms with Crippen molar-refractivity contribution in [3.8, 4) is 0 Å². The van der Waals surface area contributed by atoms with E-state index >= 15 is 0 Å². The van der Waals surface area contributed by atoms with Crippen LogP contribution in [0, 0.1) is 0 Å². The molecule has 3 nitrogen and oxygen atoms in total. The summed E-state index contributed by atoms with van der Waals surface area (Å²) in [5.41, 5.74) is 2.73. The number of fused-ring (bicyclic) bond motifs is 1. The predicted molar refractivity (Wildman–Crippen MR) is 90.4 cm³/mol. The third-order valence-electron chi connectivity index (χ3n) is 3.60. The van der Waals surface area contributed by atoms with E-state index in [1.54, 1.807) is 0 Å². The van der Waals surface area contributed by atoms with Crippen LogP contribution in [0.25, 0.3) is 10.9 Å². The quantitative estimate of drug-likeness (QED) is 0.682. The first kappa shape index (κ1) is 14.7. The van der Waals surface area contributed by atoms with Crippen molar-refractivity contribution in [2.75, 3.05) is 6.54 Å². The van der Waals surface area contributed by atoms with Crippen molar-refractivity contribution in [2.45, 2.75) is 12.8 Å². The van der Waals surface area contributed by atoms with E-state index in [4.69, 9.17) is 11.6 Å². The summed E-state index contributed by atoms with van der Waals surface area (Å²) in [6.45, 7) is 0.657. The number of halogens is 1. The highest BCUT2D eigenvalue weighted by atomic mass is 35.5. The Balaban J connectivity index is 1.54. The van der Waals surface area contributed by atoms with Gasteiger partial charge in [0.05, 0.1) is 0 Å². The van der Waals surface area contributed by atoms with Crippen LogP contribution >= 0.6 is 11.6 Å². The monoisotopic (exact) mass is 312 g/mol. The number of hydrogen-bond donors (Lipinski definition) is 2. The maximum absolute atomic E-state index is 12.1. The molecule has 0 radical (unpaired) electrons. The zero-order valence-corrected chi connectivity index (χ0v) is 12.9. The Morgan fingerprint density at radius 1 is 1.09 bits per heavy atom. The fourth-order valence-electron chi connectivity index (χ4n) is 2.46. The summed E-state index contributed by atoms with van der Waals surface area (Å²) in [7, 11) is 0. The van der Waals surface area contributed by atoms with Crippen LogP contribution in [0.3, 0.4) is 0 Å². The summed E-state index contributed by atoms with van der Waals surface area (Å²) < 4.78 is 0. The molecule has 1 aromatic heterocycles. The standard InChI is InChI=1S/C18H17ClN2O/c19-15-9-8-14-11-17(21-16(14)12-15)18(22)20-10-4-7-13-5-2-1-3-6-13/h1-3,5-6,8-9,11-12,21H,4,7,10H2,(H,20,22). The van der Waals surface area contributed by atoms with Crippen molar-refractivity contribution in [1.82, 2.24) is 10.3 Å². The molecule has 3 aromatic rings. The van der Waals surface area contributed by atoms with Crippen molar-refractivity contribution in [1.29, 1.82) is 0 Å². The van der Waals surface area contributed by atoms with Gasteiger partial charge in [-0.2, -0.15) is 0 Å². The summed E-state index contributed by atoms with van der Waals surface area (Å²) in [4.78, 5) is 15.2. The molecule has 0 atom stereocenters.